The van der Waals surface area contributed by atoms with Crippen molar-refractivity contribution in [3.8, 4) is 0 Å². The average molecular weight is 421 g/mol. The summed E-state index contributed by atoms with van der Waals surface area (Å²) < 4.78 is 65.5. The van der Waals surface area contributed by atoms with Crippen molar-refractivity contribution in [3.05, 3.63) is 58.6 Å². The Labute approximate surface area is 159 Å². The molecule has 27 heavy (non-hydrogen) atoms. The molecule has 2 aromatic rings. The van der Waals surface area contributed by atoms with E-state index in [-0.39, 0.29) is 23.0 Å². The van der Waals surface area contributed by atoms with Crippen LogP contribution in [0.5, 0.6) is 0 Å². The third-order valence-corrected chi connectivity index (χ3v) is 5.47. The molecule has 2 rings (SSSR count). The van der Waals surface area contributed by atoms with Crippen LogP contribution in [0.2, 0.25) is 5.02 Å². The van der Waals surface area contributed by atoms with Crippen molar-refractivity contribution in [2.75, 3.05) is 18.8 Å². The second-order valence-corrected chi connectivity index (χ2v) is 7.97. The van der Waals surface area contributed by atoms with Crippen LogP contribution in [-0.4, -0.2) is 33.3 Å². The second-order valence-electron chi connectivity index (χ2n) is 5.91. The molecule has 0 aliphatic carbocycles. The van der Waals surface area contributed by atoms with Crippen LogP contribution in [0.4, 0.5) is 18.9 Å². The Morgan fingerprint density at radius 3 is 2.22 bits per heavy atom. The van der Waals surface area contributed by atoms with Crippen LogP contribution < -0.4 is 4.72 Å². The Hall–Kier alpha value is -2.26. The minimum Gasteiger partial charge on any atom is -0.349 e. The van der Waals surface area contributed by atoms with Gasteiger partial charge >= 0.3 is 6.18 Å². The van der Waals surface area contributed by atoms with Gasteiger partial charge in [-0.1, -0.05) is 23.7 Å². The fourth-order valence-electron chi connectivity index (χ4n) is 2.12. The van der Waals surface area contributed by atoms with E-state index < -0.39 is 26.7 Å². The van der Waals surface area contributed by atoms with Crippen molar-refractivity contribution in [1.29, 1.82) is 0 Å². The Kier molecular flexibility index (Phi) is 6.06. The van der Waals surface area contributed by atoms with Gasteiger partial charge in [-0.15, -0.1) is 0 Å². The van der Waals surface area contributed by atoms with Crippen LogP contribution in [0.3, 0.4) is 0 Å². The van der Waals surface area contributed by atoms with Crippen molar-refractivity contribution >= 4 is 33.2 Å². The van der Waals surface area contributed by atoms with Gasteiger partial charge in [0.15, 0.2) is 0 Å². The zero-order chi connectivity index (χ0) is 20.4. The quantitative estimate of drug-likeness (QED) is 0.800. The maximum absolute atomic E-state index is 12.8. The molecule has 1 N–H and O–H groups in total. The number of amides is 1. The van der Waals surface area contributed by atoms with Crippen LogP contribution in [0.25, 0.3) is 0 Å². The summed E-state index contributed by atoms with van der Waals surface area (Å²) in [4.78, 5) is 12.4. The van der Waals surface area contributed by atoms with Gasteiger partial charge in [0.25, 0.3) is 10.0 Å². The van der Waals surface area contributed by atoms with Gasteiger partial charge in [-0.2, -0.15) is 13.2 Å². The standard InChI is InChI=1S/C17H16ClF3N2O3S/c1-23(2)16(24)9-11-3-6-13(7-4-11)22-27(25,26)15-10-12(17(19,20)21)5-8-14(15)18/h3-8,10,22H,9H2,1-2H3. The van der Waals surface area contributed by atoms with E-state index in [9.17, 15) is 26.4 Å². The molecular formula is C17H16ClF3N2O3S. The minimum absolute atomic E-state index is 0.126. The number of benzene rings is 2. The predicted molar refractivity (Wildman–Crippen MR) is 96.1 cm³/mol. The van der Waals surface area contributed by atoms with Crippen LogP contribution in [0.1, 0.15) is 11.1 Å². The number of sulfonamides is 1. The van der Waals surface area contributed by atoms with Gasteiger partial charge in [-0.05, 0) is 35.9 Å². The number of halogens is 4. The predicted octanol–water partition coefficient (Wildman–Crippen LogP) is 3.79. The van der Waals surface area contributed by atoms with Crippen LogP contribution in [0.15, 0.2) is 47.4 Å². The Bertz CT molecular complexity index is 943. The molecule has 0 spiro atoms. The lowest BCUT2D eigenvalue weighted by molar-refractivity contribution is -0.137. The lowest BCUT2D eigenvalue weighted by Gasteiger charge is -2.13. The fourth-order valence-corrected chi connectivity index (χ4v) is 3.70. The maximum Gasteiger partial charge on any atom is 0.416 e. The lowest BCUT2D eigenvalue weighted by atomic mass is 10.1. The van der Waals surface area contributed by atoms with E-state index in [1.54, 1.807) is 26.2 Å². The van der Waals surface area contributed by atoms with Crippen LogP contribution >= 0.6 is 11.6 Å². The molecule has 0 bridgehead atoms. The number of hydrogen-bond donors (Lipinski definition) is 1. The first-order valence-corrected chi connectivity index (χ1v) is 9.45. The normalized spacial score (nSPS) is 11.9. The number of likely N-dealkylation sites (N-methyl/N-ethyl adjacent to an activating group) is 1. The van der Waals surface area contributed by atoms with Crippen LogP contribution in [0, 0.1) is 0 Å². The summed E-state index contributed by atoms with van der Waals surface area (Å²) in [6.07, 6.45) is -4.56. The van der Waals surface area contributed by atoms with Gasteiger partial charge in [0.2, 0.25) is 5.91 Å². The molecule has 5 nitrogen and oxygen atoms in total. The monoisotopic (exact) mass is 420 g/mol. The zero-order valence-electron chi connectivity index (χ0n) is 14.3. The first-order chi connectivity index (χ1) is 12.4. The molecule has 0 fully saturated rings. The molecule has 146 valence electrons. The van der Waals surface area contributed by atoms with E-state index in [4.69, 9.17) is 11.6 Å². The molecule has 2 aromatic carbocycles. The molecule has 1 amide bonds. The van der Waals surface area contributed by atoms with Crippen LogP contribution in [-0.2, 0) is 27.4 Å². The molecule has 0 saturated heterocycles. The number of hydrogen-bond acceptors (Lipinski definition) is 3. The molecule has 0 atom stereocenters. The molecule has 0 radical (unpaired) electrons. The lowest BCUT2D eigenvalue weighted by Crippen LogP contribution is -2.23. The first-order valence-electron chi connectivity index (χ1n) is 7.59. The van der Waals surface area contributed by atoms with E-state index in [0.29, 0.717) is 17.7 Å². The third kappa shape index (κ3) is 5.36. The van der Waals surface area contributed by atoms with E-state index in [0.717, 1.165) is 6.07 Å². The summed E-state index contributed by atoms with van der Waals surface area (Å²) in [5.41, 5.74) is -0.330. The molecule has 0 aliphatic heterocycles. The van der Waals surface area contributed by atoms with Crippen molar-refractivity contribution < 1.29 is 26.4 Å². The van der Waals surface area contributed by atoms with E-state index in [1.807, 2.05) is 0 Å². The van der Waals surface area contributed by atoms with Crippen molar-refractivity contribution in [3.63, 3.8) is 0 Å². The molecule has 0 aromatic heterocycles. The zero-order valence-corrected chi connectivity index (χ0v) is 15.9. The second kappa shape index (κ2) is 7.77. The summed E-state index contributed by atoms with van der Waals surface area (Å²) in [6, 6.07) is 8.00. The highest BCUT2D eigenvalue weighted by Gasteiger charge is 2.32. The molecular weight excluding hydrogens is 405 g/mol. The third-order valence-electron chi connectivity index (χ3n) is 3.61. The number of nitrogens with one attached hydrogen (secondary N) is 1. The Morgan fingerprint density at radius 2 is 1.70 bits per heavy atom. The molecule has 0 aliphatic rings. The number of alkyl halides is 3. The van der Waals surface area contributed by atoms with E-state index >= 15 is 0 Å². The smallest absolute Gasteiger partial charge is 0.349 e. The highest BCUT2D eigenvalue weighted by atomic mass is 35.5. The maximum atomic E-state index is 12.8. The number of carbonyl (C=O) groups is 1. The number of carbonyl (C=O) groups excluding carboxylic acids is 1. The fraction of sp³-hybridized carbons (Fsp3) is 0.235. The summed E-state index contributed by atoms with van der Waals surface area (Å²) in [6.45, 7) is 0. The highest BCUT2D eigenvalue weighted by molar-refractivity contribution is 7.92. The van der Waals surface area contributed by atoms with Gasteiger partial charge in [0.1, 0.15) is 4.90 Å². The summed E-state index contributed by atoms with van der Waals surface area (Å²) in [5, 5.41) is -0.330. The number of rotatable bonds is 5. The minimum atomic E-state index is -4.70. The van der Waals surface area contributed by atoms with Crippen molar-refractivity contribution in [2.45, 2.75) is 17.5 Å². The molecule has 0 saturated carbocycles. The summed E-state index contributed by atoms with van der Waals surface area (Å²) in [5.74, 6) is -0.126. The van der Waals surface area contributed by atoms with Gasteiger partial charge in [0, 0.05) is 19.8 Å². The number of anilines is 1. The van der Waals surface area contributed by atoms with E-state index in [2.05, 4.69) is 4.72 Å². The van der Waals surface area contributed by atoms with Gasteiger partial charge < -0.3 is 4.90 Å². The largest absolute Gasteiger partial charge is 0.416 e. The average Bonchev–Trinajstić information content (AvgIpc) is 2.55. The molecule has 10 heteroatoms. The van der Waals surface area contributed by atoms with E-state index in [1.165, 1.54) is 17.0 Å². The van der Waals surface area contributed by atoms with Gasteiger partial charge in [-0.25, -0.2) is 8.42 Å². The van der Waals surface area contributed by atoms with Crippen molar-refractivity contribution in [1.82, 2.24) is 4.90 Å². The molecule has 0 heterocycles. The summed E-state index contributed by atoms with van der Waals surface area (Å²) in [7, 11) is -1.10. The topological polar surface area (TPSA) is 66.5 Å². The number of nitrogens with zero attached hydrogens (tertiary/aromatic N) is 1. The van der Waals surface area contributed by atoms with Crippen molar-refractivity contribution in [2.24, 2.45) is 0 Å². The Balaban J connectivity index is 2.25. The first kappa shape index (κ1) is 21.0. The molecule has 0 unspecified atom stereocenters. The van der Waals surface area contributed by atoms with Gasteiger partial charge in [0.05, 0.1) is 17.0 Å². The Morgan fingerprint density at radius 1 is 1.11 bits per heavy atom. The highest BCUT2D eigenvalue weighted by Crippen LogP contribution is 2.34. The van der Waals surface area contributed by atoms with Gasteiger partial charge in [-0.3, -0.25) is 9.52 Å². The SMILES string of the molecule is CN(C)C(=O)Cc1ccc(NS(=O)(=O)c2cc(C(F)(F)F)ccc2Cl)cc1. The summed E-state index contributed by atoms with van der Waals surface area (Å²) >= 11 is 5.78.